The summed E-state index contributed by atoms with van der Waals surface area (Å²) in [6, 6.07) is 15.1. The van der Waals surface area contributed by atoms with E-state index in [4.69, 9.17) is 6.42 Å². The van der Waals surface area contributed by atoms with Gasteiger partial charge >= 0.3 is 0 Å². The summed E-state index contributed by atoms with van der Waals surface area (Å²) < 4.78 is 0. The Bertz CT molecular complexity index is 1250. The summed E-state index contributed by atoms with van der Waals surface area (Å²) in [5.74, 6) is 2.91. The molecule has 4 aromatic rings. The third-order valence-electron chi connectivity index (χ3n) is 4.25. The van der Waals surface area contributed by atoms with Crippen molar-refractivity contribution < 1.29 is 4.79 Å². The molecule has 0 bridgehead atoms. The molecule has 2 aromatic carbocycles. The van der Waals surface area contributed by atoms with E-state index in [1.165, 1.54) is 6.92 Å². The Morgan fingerprint density at radius 3 is 2.66 bits per heavy atom. The highest BCUT2D eigenvalue weighted by Gasteiger charge is 2.07. The van der Waals surface area contributed by atoms with Gasteiger partial charge in [0.25, 0.3) is 0 Å². The van der Waals surface area contributed by atoms with E-state index in [1.54, 1.807) is 18.6 Å². The molecule has 0 saturated carbocycles. The summed E-state index contributed by atoms with van der Waals surface area (Å²) >= 11 is 0. The standard InChI is InChI=1S/C23H17N5O/c1-3-16-6-7-22-19(9-16)14-25-23(28-22)27-21-11-18(17-5-4-8-24-13-17)10-20(12-21)26-15(2)29/h1,4-14H,2H3,(H,26,29)(H,25,27,28). The van der Waals surface area contributed by atoms with Gasteiger partial charge in [0.1, 0.15) is 0 Å². The molecule has 4 rings (SSSR count). The first-order chi connectivity index (χ1) is 14.1. The van der Waals surface area contributed by atoms with E-state index in [1.807, 2.05) is 48.5 Å². The van der Waals surface area contributed by atoms with Crippen LogP contribution in [-0.4, -0.2) is 20.9 Å². The molecule has 0 aliphatic carbocycles. The first-order valence-electron chi connectivity index (χ1n) is 8.94. The molecule has 6 nitrogen and oxygen atoms in total. The maximum absolute atomic E-state index is 11.5. The van der Waals surface area contributed by atoms with E-state index in [-0.39, 0.29) is 5.91 Å². The number of rotatable bonds is 4. The average molecular weight is 379 g/mol. The Kier molecular flexibility index (Phi) is 4.87. The number of pyridine rings is 1. The van der Waals surface area contributed by atoms with E-state index in [0.717, 1.165) is 33.3 Å². The summed E-state index contributed by atoms with van der Waals surface area (Å²) in [6.07, 6.45) is 10.7. The van der Waals surface area contributed by atoms with Crippen molar-refractivity contribution in [3.8, 4) is 23.5 Å². The molecule has 6 heteroatoms. The Hall–Kier alpha value is -4.24. The summed E-state index contributed by atoms with van der Waals surface area (Å²) in [7, 11) is 0. The monoisotopic (exact) mass is 379 g/mol. The van der Waals surface area contributed by atoms with Crippen LogP contribution in [0.2, 0.25) is 0 Å². The Morgan fingerprint density at radius 1 is 1.03 bits per heavy atom. The zero-order chi connectivity index (χ0) is 20.2. The van der Waals surface area contributed by atoms with Gasteiger partial charge in [-0.15, -0.1) is 6.42 Å². The summed E-state index contributed by atoms with van der Waals surface area (Å²) in [4.78, 5) is 24.6. The predicted octanol–water partition coefficient (Wildman–Crippen LogP) is 4.38. The molecular weight excluding hydrogens is 362 g/mol. The molecule has 2 N–H and O–H groups in total. The maximum Gasteiger partial charge on any atom is 0.227 e. The average Bonchev–Trinajstić information content (AvgIpc) is 2.73. The van der Waals surface area contributed by atoms with Crippen LogP contribution in [0.3, 0.4) is 0 Å². The third kappa shape index (κ3) is 4.20. The van der Waals surface area contributed by atoms with Crippen LogP contribution in [0.25, 0.3) is 22.0 Å². The van der Waals surface area contributed by atoms with Gasteiger partial charge in [0.05, 0.1) is 5.52 Å². The molecule has 2 aromatic heterocycles. The second kappa shape index (κ2) is 7.79. The van der Waals surface area contributed by atoms with Crippen molar-refractivity contribution in [3.63, 3.8) is 0 Å². The second-order valence-corrected chi connectivity index (χ2v) is 6.46. The summed E-state index contributed by atoms with van der Waals surface area (Å²) in [5.41, 5.74) is 4.82. The molecule has 2 heterocycles. The number of carbonyl (C=O) groups is 1. The predicted molar refractivity (Wildman–Crippen MR) is 115 cm³/mol. The van der Waals surface area contributed by atoms with Crippen LogP contribution < -0.4 is 10.6 Å². The lowest BCUT2D eigenvalue weighted by molar-refractivity contribution is -0.114. The first-order valence-corrected chi connectivity index (χ1v) is 8.94. The van der Waals surface area contributed by atoms with Gasteiger partial charge in [0.2, 0.25) is 11.9 Å². The van der Waals surface area contributed by atoms with Gasteiger partial charge < -0.3 is 10.6 Å². The highest BCUT2D eigenvalue weighted by Crippen LogP contribution is 2.28. The van der Waals surface area contributed by atoms with Gasteiger partial charge in [-0.1, -0.05) is 12.0 Å². The van der Waals surface area contributed by atoms with Gasteiger partial charge in [-0.3, -0.25) is 9.78 Å². The molecule has 0 unspecified atom stereocenters. The number of benzene rings is 2. The van der Waals surface area contributed by atoms with Gasteiger partial charge in [-0.2, -0.15) is 0 Å². The molecular formula is C23H17N5O. The minimum Gasteiger partial charge on any atom is -0.326 e. The Morgan fingerprint density at radius 2 is 1.90 bits per heavy atom. The zero-order valence-electron chi connectivity index (χ0n) is 15.7. The van der Waals surface area contributed by atoms with Crippen molar-refractivity contribution in [3.05, 3.63) is 72.7 Å². The number of fused-ring (bicyclic) bond motifs is 1. The maximum atomic E-state index is 11.5. The molecule has 0 aliphatic heterocycles. The van der Waals surface area contributed by atoms with E-state index >= 15 is 0 Å². The summed E-state index contributed by atoms with van der Waals surface area (Å²) in [6.45, 7) is 1.47. The minimum atomic E-state index is -0.148. The number of hydrogen-bond acceptors (Lipinski definition) is 5. The number of terminal acetylenes is 1. The van der Waals surface area contributed by atoms with Gasteiger partial charge in [0, 0.05) is 53.4 Å². The van der Waals surface area contributed by atoms with E-state index in [0.29, 0.717) is 11.6 Å². The highest BCUT2D eigenvalue weighted by atomic mass is 16.1. The number of hydrogen-bond donors (Lipinski definition) is 2. The van der Waals surface area contributed by atoms with Crippen molar-refractivity contribution in [1.29, 1.82) is 0 Å². The number of aromatic nitrogens is 3. The van der Waals surface area contributed by atoms with Crippen LogP contribution in [0.5, 0.6) is 0 Å². The van der Waals surface area contributed by atoms with Crippen LogP contribution in [0, 0.1) is 12.3 Å². The number of anilines is 3. The van der Waals surface area contributed by atoms with Crippen molar-refractivity contribution in [1.82, 2.24) is 15.0 Å². The number of nitrogens with one attached hydrogen (secondary N) is 2. The van der Waals surface area contributed by atoms with Crippen LogP contribution >= 0.6 is 0 Å². The lowest BCUT2D eigenvalue weighted by Crippen LogP contribution is -2.06. The van der Waals surface area contributed by atoms with Crippen LogP contribution in [0.4, 0.5) is 17.3 Å². The fourth-order valence-electron chi connectivity index (χ4n) is 2.99. The van der Waals surface area contributed by atoms with Crippen LogP contribution in [0.15, 0.2) is 67.1 Å². The molecule has 0 atom stereocenters. The van der Waals surface area contributed by atoms with Crippen molar-refractivity contribution in [2.24, 2.45) is 0 Å². The lowest BCUT2D eigenvalue weighted by atomic mass is 10.1. The largest absolute Gasteiger partial charge is 0.326 e. The second-order valence-electron chi connectivity index (χ2n) is 6.46. The SMILES string of the molecule is C#Cc1ccc2nc(Nc3cc(NC(C)=O)cc(-c4cccnc4)c3)ncc2c1. The molecule has 0 radical (unpaired) electrons. The number of amides is 1. The molecule has 0 aliphatic rings. The summed E-state index contributed by atoms with van der Waals surface area (Å²) in [5, 5.41) is 6.91. The molecule has 1 amide bonds. The van der Waals surface area contributed by atoms with Crippen molar-refractivity contribution >= 4 is 34.1 Å². The quantitative estimate of drug-likeness (QED) is 0.515. The number of nitrogens with zero attached hydrogens (tertiary/aromatic N) is 3. The van der Waals surface area contributed by atoms with E-state index in [2.05, 4.69) is 31.5 Å². The van der Waals surface area contributed by atoms with Gasteiger partial charge in [-0.25, -0.2) is 9.97 Å². The Labute approximate surface area is 168 Å². The van der Waals surface area contributed by atoms with Gasteiger partial charge in [-0.05, 0) is 48.0 Å². The molecule has 29 heavy (non-hydrogen) atoms. The highest BCUT2D eigenvalue weighted by molar-refractivity contribution is 5.91. The fourth-order valence-corrected chi connectivity index (χ4v) is 2.99. The first kappa shape index (κ1) is 18.1. The normalized spacial score (nSPS) is 10.3. The fraction of sp³-hybridized carbons (Fsp3) is 0.0435. The number of carbonyl (C=O) groups excluding carboxylic acids is 1. The zero-order valence-corrected chi connectivity index (χ0v) is 15.7. The molecule has 0 saturated heterocycles. The lowest BCUT2D eigenvalue weighted by Gasteiger charge is -2.12. The van der Waals surface area contributed by atoms with E-state index in [9.17, 15) is 4.79 Å². The molecule has 140 valence electrons. The van der Waals surface area contributed by atoms with Crippen molar-refractivity contribution in [2.75, 3.05) is 10.6 Å². The van der Waals surface area contributed by atoms with Crippen LogP contribution in [-0.2, 0) is 4.79 Å². The third-order valence-corrected chi connectivity index (χ3v) is 4.25. The molecule has 0 spiro atoms. The topological polar surface area (TPSA) is 79.8 Å². The van der Waals surface area contributed by atoms with Gasteiger partial charge in [0.15, 0.2) is 0 Å². The minimum absolute atomic E-state index is 0.148. The molecule has 0 fully saturated rings. The van der Waals surface area contributed by atoms with Crippen LogP contribution in [0.1, 0.15) is 12.5 Å². The van der Waals surface area contributed by atoms with Crippen molar-refractivity contribution in [2.45, 2.75) is 6.92 Å². The Balaban J connectivity index is 1.71. The smallest absolute Gasteiger partial charge is 0.227 e. The van der Waals surface area contributed by atoms with E-state index < -0.39 is 0 Å².